The quantitative estimate of drug-likeness (QED) is 0.616. The van der Waals surface area contributed by atoms with Crippen LogP contribution in [0.2, 0.25) is 0 Å². The summed E-state index contributed by atoms with van der Waals surface area (Å²) in [5.41, 5.74) is 0. The van der Waals surface area contributed by atoms with Crippen molar-refractivity contribution in [3.63, 3.8) is 0 Å². The van der Waals surface area contributed by atoms with Crippen molar-refractivity contribution in [3.8, 4) is 0 Å². The van der Waals surface area contributed by atoms with Crippen molar-refractivity contribution < 1.29 is 0 Å². The zero-order chi connectivity index (χ0) is 6.15. The van der Waals surface area contributed by atoms with Gasteiger partial charge in [0.1, 0.15) is 11.6 Å². The van der Waals surface area contributed by atoms with E-state index in [-0.39, 0.29) is 0 Å². The van der Waals surface area contributed by atoms with Crippen molar-refractivity contribution in [2.45, 2.75) is 13.8 Å². The smallest absolute Gasteiger partial charge is 0.148 e. The minimum atomic E-state index is 0.830. The fraction of sp³-hybridized carbons (Fsp3) is 0.500. The monoisotopic (exact) mass is 223 g/mol. The molecule has 0 saturated carbocycles. The van der Waals surface area contributed by atoms with E-state index in [0.717, 1.165) is 11.6 Å². The lowest BCUT2D eigenvalue weighted by Gasteiger charge is -1.81. The summed E-state index contributed by atoms with van der Waals surface area (Å²) in [5, 5.41) is 4.00. The molecule has 44 valence electrons. The topological polar surface area (TPSA) is 30.7 Å². The van der Waals surface area contributed by atoms with Gasteiger partial charge in [0.2, 0.25) is 0 Å². The van der Waals surface area contributed by atoms with Gasteiger partial charge in [-0.15, -0.1) is 5.10 Å². The first-order valence-electron chi connectivity index (χ1n) is 2.26. The van der Waals surface area contributed by atoms with Crippen molar-refractivity contribution in [1.29, 1.82) is 0 Å². The zero-order valence-corrected chi connectivity index (χ0v) is 6.88. The van der Waals surface area contributed by atoms with Crippen LogP contribution in [0.25, 0.3) is 0 Å². The summed E-state index contributed by atoms with van der Waals surface area (Å²) in [4.78, 5) is 4.06. The Morgan fingerprint density at radius 3 is 2.25 bits per heavy atom. The minimum absolute atomic E-state index is 0.830. The highest BCUT2D eigenvalue weighted by atomic mass is 127. The van der Waals surface area contributed by atoms with E-state index in [9.17, 15) is 0 Å². The molecule has 1 rings (SSSR count). The van der Waals surface area contributed by atoms with Crippen LogP contribution in [-0.2, 0) is 0 Å². The third-order valence-electron chi connectivity index (χ3n) is 0.823. The SMILES string of the molecule is Cc1nc(C)n(I)n1. The molecule has 0 N–H and O–H groups in total. The van der Waals surface area contributed by atoms with Gasteiger partial charge in [-0.3, -0.25) is 0 Å². The van der Waals surface area contributed by atoms with Crippen LogP contribution in [0.4, 0.5) is 0 Å². The van der Waals surface area contributed by atoms with Gasteiger partial charge in [0.25, 0.3) is 0 Å². The van der Waals surface area contributed by atoms with Crippen LogP contribution in [0, 0.1) is 13.8 Å². The predicted molar refractivity (Wildman–Crippen MR) is 38.9 cm³/mol. The molecule has 0 unspecified atom stereocenters. The molecule has 0 fully saturated rings. The highest BCUT2D eigenvalue weighted by molar-refractivity contribution is 14.1. The van der Waals surface area contributed by atoms with Gasteiger partial charge in [-0.2, -0.15) is 2.90 Å². The molecule has 0 saturated heterocycles. The standard InChI is InChI=1S/C4H6IN3/c1-3-6-4(2)8(5)7-3/h1-2H3. The van der Waals surface area contributed by atoms with Crippen molar-refractivity contribution in [2.24, 2.45) is 0 Å². The largest absolute Gasteiger partial charge is 0.216 e. The van der Waals surface area contributed by atoms with E-state index < -0.39 is 0 Å². The first-order chi connectivity index (χ1) is 3.70. The van der Waals surface area contributed by atoms with E-state index in [1.165, 1.54) is 0 Å². The molecule has 3 nitrogen and oxygen atoms in total. The van der Waals surface area contributed by atoms with Crippen LogP contribution in [0.1, 0.15) is 11.6 Å². The second-order valence-corrected chi connectivity index (χ2v) is 2.48. The summed E-state index contributed by atoms with van der Waals surface area (Å²) < 4.78 is 1.73. The first-order valence-corrected chi connectivity index (χ1v) is 3.23. The highest BCUT2D eigenvalue weighted by Crippen LogP contribution is 1.98. The molecule has 0 spiro atoms. The van der Waals surface area contributed by atoms with Crippen molar-refractivity contribution in [3.05, 3.63) is 11.6 Å². The van der Waals surface area contributed by atoms with Crippen molar-refractivity contribution in [1.82, 2.24) is 13.0 Å². The number of nitrogens with zero attached hydrogens (tertiary/aromatic N) is 3. The molecular weight excluding hydrogens is 217 g/mol. The molecule has 0 amide bonds. The lowest BCUT2D eigenvalue weighted by Crippen LogP contribution is -1.82. The molecule has 4 heteroatoms. The van der Waals surface area contributed by atoms with Gasteiger partial charge < -0.3 is 0 Å². The Bertz CT molecular complexity index is 174. The van der Waals surface area contributed by atoms with E-state index in [1.807, 2.05) is 13.8 Å². The van der Waals surface area contributed by atoms with Crippen LogP contribution in [0.3, 0.4) is 0 Å². The maximum atomic E-state index is 4.06. The van der Waals surface area contributed by atoms with E-state index in [4.69, 9.17) is 0 Å². The number of aromatic nitrogens is 3. The summed E-state index contributed by atoms with van der Waals surface area (Å²) in [6.07, 6.45) is 0. The Morgan fingerprint density at radius 2 is 2.12 bits per heavy atom. The fourth-order valence-corrected chi connectivity index (χ4v) is 0.917. The van der Waals surface area contributed by atoms with Crippen molar-refractivity contribution >= 4 is 22.9 Å². The third kappa shape index (κ3) is 0.988. The summed E-state index contributed by atoms with van der Waals surface area (Å²) >= 11 is 2.09. The van der Waals surface area contributed by atoms with E-state index in [0.29, 0.717) is 0 Å². The van der Waals surface area contributed by atoms with Gasteiger partial charge in [0.15, 0.2) is 0 Å². The molecule has 0 radical (unpaired) electrons. The fourth-order valence-electron chi connectivity index (χ4n) is 0.497. The van der Waals surface area contributed by atoms with Crippen LogP contribution < -0.4 is 0 Å². The molecule has 1 aromatic rings. The molecule has 0 aliphatic heterocycles. The van der Waals surface area contributed by atoms with Gasteiger partial charge in [0, 0.05) is 0 Å². The highest BCUT2D eigenvalue weighted by Gasteiger charge is 1.95. The molecule has 8 heavy (non-hydrogen) atoms. The van der Waals surface area contributed by atoms with Crippen LogP contribution in [0.15, 0.2) is 0 Å². The van der Waals surface area contributed by atoms with Gasteiger partial charge >= 0.3 is 0 Å². The van der Waals surface area contributed by atoms with Crippen molar-refractivity contribution in [2.75, 3.05) is 0 Å². The Balaban J connectivity index is 3.14. The molecule has 0 aliphatic rings. The molecule has 0 bridgehead atoms. The Morgan fingerprint density at radius 1 is 1.50 bits per heavy atom. The Kier molecular flexibility index (Phi) is 1.50. The molecule has 1 heterocycles. The molecule has 0 atom stereocenters. The second-order valence-electron chi connectivity index (χ2n) is 1.57. The van der Waals surface area contributed by atoms with E-state index >= 15 is 0 Å². The number of hydrogen-bond acceptors (Lipinski definition) is 2. The normalized spacial score (nSPS) is 9.88. The molecule has 1 aromatic heterocycles. The maximum Gasteiger partial charge on any atom is 0.148 e. The zero-order valence-electron chi connectivity index (χ0n) is 4.72. The van der Waals surface area contributed by atoms with E-state index in [2.05, 4.69) is 32.9 Å². The minimum Gasteiger partial charge on any atom is -0.216 e. The van der Waals surface area contributed by atoms with Crippen LogP contribution in [-0.4, -0.2) is 13.0 Å². The lowest BCUT2D eigenvalue weighted by molar-refractivity contribution is 0.986. The van der Waals surface area contributed by atoms with Gasteiger partial charge in [-0.05, 0) is 13.8 Å². The predicted octanol–water partition coefficient (Wildman–Crippen LogP) is 1.09. The Hall–Kier alpha value is -0.130. The Labute approximate surface area is 61.6 Å². The van der Waals surface area contributed by atoms with Crippen LogP contribution >= 0.6 is 22.9 Å². The number of aryl methyl sites for hydroxylation is 2. The van der Waals surface area contributed by atoms with Gasteiger partial charge in [0.05, 0.1) is 22.9 Å². The average molecular weight is 223 g/mol. The van der Waals surface area contributed by atoms with Crippen LogP contribution in [0.5, 0.6) is 0 Å². The number of hydrogen-bond donors (Lipinski definition) is 0. The lowest BCUT2D eigenvalue weighted by atomic mass is 10.7. The second kappa shape index (κ2) is 2.00. The summed E-state index contributed by atoms with van der Waals surface area (Å²) in [6.45, 7) is 3.80. The third-order valence-corrected chi connectivity index (χ3v) is 1.74. The summed E-state index contributed by atoms with van der Waals surface area (Å²) in [6, 6.07) is 0. The number of halogens is 1. The summed E-state index contributed by atoms with van der Waals surface area (Å²) in [5.74, 6) is 1.78. The van der Waals surface area contributed by atoms with Gasteiger partial charge in [-0.25, -0.2) is 4.98 Å². The maximum absolute atomic E-state index is 4.06. The average Bonchev–Trinajstić information content (AvgIpc) is 1.85. The van der Waals surface area contributed by atoms with E-state index in [1.54, 1.807) is 2.90 Å². The number of rotatable bonds is 0. The molecular formula is C4H6IN3. The first kappa shape index (κ1) is 6.00. The molecule has 0 aliphatic carbocycles. The van der Waals surface area contributed by atoms with Gasteiger partial charge in [-0.1, -0.05) is 0 Å². The molecule has 0 aromatic carbocycles. The summed E-state index contributed by atoms with van der Waals surface area (Å²) in [7, 11) is 0.